The number of likely N-dealkylation sites (tertiary alicyclic amines) is 1. The number of aryl methyl sites for hydroxylation is 1. The average molecular weight is 419 g/mol. The van der Waals surface area contributed by atoms with E-state index in [9.17, 15) is 9.59 Å². The van der Waals surface area contributed by atoms with Gasteiger partial charge in [-0.2, -0.15) is 0 Å². The predicted octanol–water partition coefficient (Wildman–Crippen LogP) is 3.84. The van der Waals surface area contributed by atoms with Gasteiger partial charge in [-0.15, -0.1) is 11.3 Å². The number of rotatable bonds is 4. The molecular weight excluding hydrogens is 396 g/mol. The van der Waals surface area contributed by atoms with Crippen LogP contribution in [0.25, 0.3) is 21.1 Å². The van der Waals surface area contributed by atoms with E-state index < -0.39 is 0 Å². The lowest BCUT2D eigenvalue weighted by Gasteiger charge is -2.23. The third-order valence-corrected chi connectivity index (χ3v) is 6.94. The lowest BCUT2D eigenvalue weighted by atomic mass is 10.2. The molecule has 0 aliphatic carbocycles. The molecule has 1 fully saturated rings. The van der Waals surface area contributed by atoms with Crippen molar-refractivity contribution in [2.45, 2.75) is 31.7 Å². The highest BCUT2D eigenvalue weighted by Gasteiger charge is 2.32. The molecule has 6 nitrogen and oxygen atoms in total. The number of benzene rings is 2. The summed E-state index contributed by atoms with van der Waals surface area (Å²) in [5, 5.41) is 1.61. The fraction of sp³-hybridized carbons (Fsp3) is 0.304. The van der Waals surface area contributed by atoms with Crippen LogP contribution in [0.5, 0.6) is 0 Å². The van der Waals surface area contributed by atoms with Crippen LogP contribution in [0, 0.1) is 0 Å². The van der Waals surface area contributed by atoms with Gasteiger partial charge in [0.1, 0.15) is 10.8 Å². The lowest BCUT2D eigenvalue weighted by molar-refractivity contribution is -0.132. The smallest absolute Gasteiger partial charge is 0.261 e. The maximum atomic E-state index is 13.1. The number of carbonyl (C=O) groups is 1. The quantitative estimate of drug-likeness (QED) is 0.505. The van der Waals surface area contributed by atoms with Crippen molar-refractivity contribution in [3.63, 3.8) is 0 Å². The van der Waals surface area contributed by atoms with Gasteiger partial charge in [0.2, 0.25) is 5.91 Å². The van der Waals surface area contributed by atoms with Crippen LogP contribution in [0.15, 0.2) is 53.3 Å². The van der Waals surface area contributed by atoms with Crippen LogP contribution in [0.1, 0.15) is 36.1 Å². The molecule has 1 saturated heterocycles. The van der Waals surface area contributed by atoms with E-state index in [1.165, 1.54) is 0 Å². The van der Waals surface area contributed by atoms with Crippen LogP contribution in [0.2, 0.25) is 0 Å². The Labute approximate surface area is 177 Å². The number of thiazole rings is 1. The summed E-state index contributed by atoms with van der Waals surface area (Å²) in [7, 11) is 1.72. The molecular formula is C23H22N4O2S. The molecule has 3 heterocycles. The van der Waals surface area contributed by atoms with Crippen molar-refractivity contribution in [1.82, 2.24) is 19.4 Å². The molecule has 2 aromatic carbocycles. The van der Waals surface area contributed by atoms with Gasteiger partial charge in [-0.1, -0.05) is 24.3 Å². The number of hydrogen-bond donors (Lipinski definition) is 0. The maximum Gasteiger partial charge on any atom is 0.261 e. The fourth-order valence-corrected chi connectivity index (χ4v) is 5.32. The molecule has 1 atom stereocenters. The zero-order chi connectivity index (χ0) is 20.7. The third kappa shape index (κ3) is 3.29. The average Bonchev–Trinajstić information content (AvgIpc) is 3.42. The van der Waals surface area contributed by atoms with Crippen LogP contribution in [0.4, 0.5) is 0 Å². The van der Waals surface area contributed by atoms with Gasteiger partial charge in [-0.3, -0.25) is 14.2 Å². The van der Waals surface area contributed by atoms with Gasteiger partial charge in [0.05, 0.1) is 27.2 Å². The zero-order valence-corrected chi connectivity index (χ0v) is 17.6. The van der Waals surface area contributed by atoms with Crippen molar-refractivity contribution in [2.75, 3.05) is 6.54 Å². The van der Waals surface area contributed by atoms with Gasteiger partial charge in [0.15, 0.2) is 0 Å². The second kappa shape index (κ2) is 7.65. The van der Waals surface area contributed by atoms with Gasteiger partial charge in [0.25, 0.3) is 5.56 Å². The molecule has 0 bridgehead atoms. The number of carbonyl (C=O) groups excluding carboxylic acids is 1. The van der Waals surface area contributed by atoms with E-state index in [4.69, 9.17) is 4.98 Å². The number of hydrogen-bond acceptors (Lipinski definition) is 5. The second-order valence-corrected chi connectivity index (χ2v) is 8.74. The van der Waals surface area contributed by atoms with Crippen LogP contribution < -0.4 is 5.56 Å². The first kappa shape index (κ1) is 18.9. The maximum absolute atomic E-state index is 13.1. The Morgan fingerprint density at radius 1 is 1.10 bits per heavy atom. The Hall–Kier alpha value is -3.06. The highest BCUT2D eigenvalue weighted by atomic mass is 32.1. The number of nitrogens with zero attached hydrogens (tertiary/aromatic N) is 4. The molecule has 0 N–H and O–H groups in total. The molecule has 1 aliphatic heterocycles. The summed E-state index contributed by atoms with van der Waals surface area (Å²) in [6.07, 6.45) is 2.70. The highest BCUT2D eigenvalue weighted by Crippen LogP contribution is 2.36. The van der Waals surface area contributed by atoms with Crippen molar-refractivity contribution < 1.29 is 4.79 Å². The summed E-state index contributed by atoms with van der Waals surface area (Å²) in [5.41, 5.74) is 1.60. The minimum atomic E-state index is -0.0726. The zero-order valence-electron chi connectivity index (χ0n) is 16.7. The van der Waals surface area contributed by atoms with E-state index in [2.05, 4.69) is 11.1 Å². The van der Waals surface area contributed by atoms with E-state index in [0.29, 0.717) is 29.6 Å². The second-order valence-electron chi connectivity index (χ2n) is 7.67. The van der Waals surface area contributed by atoms with E-state index in [-0.39, 0.29) is 17.5 Å². The molecule has 0 saturated carbocycles. The number of aromatic nitrogens is 3. The molecule has 0 radical (unpaired) electrons. The largest absolute Gasteiger partial charge is 0.333 e. The van der Waals surface area contributed by atoms with Crippen molar-refractivity contribution in [1.29, 1.82) is 0 Å². The molecule has 7 heteroatoms. The van der Waals surface area contributed by atoms with E-state index in [0.717, 1.165) is 34.6 Å². The van der Waals surface area contributed by atoms with Crippen molar-refractivity contribution in [3.05, 3.63) is 69.7 Å². The van der Waals surface area contributed by atoms with Gasteiger partial charge in [-0.05, 0) is 37.1 Å². The van der Waals surface area contributed by atoms with Gasteiger partial charge in [-0.25, -0.2) is 9.97 Å². The van der Waals surface area contributed by atoms with Gasteiger partial charge in [0, 0.05) is 26.4 Å². The monoisotopic (exact) mass is 418 g/mol. The molecule has 5 rings (SSSR count). The molecule has 1 aliphatic rings. The first-order valence-electron chi connectivity index (χ1n) is 10.2. The number of amides is 1. The summed E-state index contributed by atoms with van der Waals surface area (Å²) >= 11 is 1.67. The summed E-state index contributed by atoms with van der Waals surface area (Å²) in [4.78, 5) is 37.0. The summed E-state index contributed by atoms with van der Waals surface area (Å²) in [5.74, 6) is 0.738. The molecule has 4 aromatic rings. The topological polar surface area (TPSA) is 68.1 Å². The minimum Gasteiger partial charge on any atom is -0.333 e. The van der Waals surface area contributed by atoms with Crippen LogP contribution in [0.3, 0.4) is 0 Å². The molecule has 1 amide bonds. The fourth-order valence-electron chi connectivity index (χ4n) is 4.20. The normalized spacial score (nSPS) is 16.6. The molecule has 30 heavy (non-hydrogen) atoms. The van der Waals surface area contributed by atoms with Crippen molar-refractivity contribution >= 4 is 38.4 Å². The minimum absolute atomic E-state index is 0.0447. The van der Waals surface area contributed by atoms with E-state index in [1.807, 2.05) is 41.3 Å². The van der Waals surface area contributed by atoms with Crippen LogP contribution in [-0.2, 0) is 18.3 Å². The SMILES string of the molecule is Cn1c(CCC(=O)N2CCC[C@@H]2c2nc3ccccc3s2)nc2ccccc2c1=O. The first-order chi connectivity index (χ1) is 14.6. The van der Waals surface area contributed by atoms with Crippen LogP contribution in [-0.4, -0.2) is 31.9 Å². The van der Waals surface area contributed by atoms with Gasteiger partial charge >= 0.3 is 0 Å². The number of para-hydroxylation sites is 2. The molecule has 2 aromatic heterocycles. The van der Waals surface area contributed by atoms with E-state index in [1.54, 1.807) is 29.0 Å². The Balaban J connectivity index is 1.35. The molecule has 0 unspecified atom stereocenters. The summed E-state index contributed by atoms with van der Waals surface area (Å²) in [6.45, 7) is 0.753. The Morgan fingerprint density at radius 3 is 2.70 bits per heavy atom. The first-order valence-corrected chi connectivity index (χ1v) is 11.0. The predicted molar refractivity (Wildman–Crippen MR) is 119 cm³/mol. The van der Waals surface area contributed by atoms with Crippen molar-refractivity contribution in [2.24, 2.45) is 7.05 Å². The standard InChI is InChI=1S/C23H22N4O2S/c1-26-20(24-16-8-3-2-7-15(16)23(26)29)12-13-21(28)27-14-6-10-18(27)22-25-17-9-4-5-11-19(17)30-22/h2-5,7-9,11,18H,6,10,12-14H2,1H3/t18-/m1/s1. The van der Waals surface area contributed by atoms with Crippen LogP contribution >= 0.6 is 11.3 Å². The number of fused-ring (bicyclic) bond motifs is 2. The Morgan fingerprint density at radius 2 is 1.87 bits per heavy atom. The van der Waals surface area contributed by atoms with E-state index >= 15 is 0 Å². The molecule has 0 spiro atoms. The third-order valence-electron chi connectivity index (χ3n) is 5.81. The summed E-state index contributed by atoms with van der Waals surface area (Å²) in [6, 6.07) is 15.5. The lowest BCUT2D eigenvalue weighted by Crippen LogP contribution is -2.31. The Kier molecular flexibility index (Phi) is 4.83. The summed E-state index contributed by atoms with van der Waals surface area (Å²) < 4.78 is 2.71. The van der Waals surface area contributed by atoms with Gasteiger partial charge < -0.3 is 4.90 Å². The Bertz CT molecular complexity index is 1280. The molecule has 152 valence electrons. The van der Waals surface area contributed by atoms with Crippen molar-refractivity contribution in [3.8, 4) is 0 Å². The highest BCUT2D eigenvalue weighted by molar-refractivity contribution is 7.18.